The summed E-state index contributed by atoms with van der Waals surface area (Å²) in [5, 5.41) is 5.99. The van der Waals surface area contributed by atoms with E-state index in [-0.39, 0.29) is 18.2 Å². The van der Waals surface area contributed by atoms with Gasteiger partial charge in [0.15, 0.2) is 0 Å². The maximum Gasteiger partial charge on any atom is 0.416 e. The molecule has 172 valence electrons. The predicted octanol–water partition coefficient (Wildman–Crippen LogP) is 4.96. The smallest absolute Gasteiger partial charge is 0.354 e. The summed E-state index contributed by atoms with van der Waals surface area (Å²) in [6, 6.07) is 13.4. The van der Waals surface area contributed by atoms with Crippen LogP contribution in [0.15, 0.2) is 54.6 Å². The standard InChI is InChI=1S/C24H21ClF3N3O2/c25-18-8-3-15(4-9-18)22-16(5-10-21(32)30-19-11-12-29-23(19)33)13-20(31-22)14-1-6-17(7-2-14)24(26,27)28/h1-4,6-9,13,19,31H,5,10-12H2,(H,29,33)(H,30,32). The van der Waals surface area contributed by atoms with Gasteiger partial charge in [-0.05, 0) is 59.9 Å². The zero-order valence-corrected chi connectivity index (χ0v) is 18.2. The molecule has 1 aromatic heterocycles. The lowest BCUT2D eigenvalue weighted by Gasteiger charge is -2.10. The Morgan fingerprint density at radius 2 is 1.73 bits per heavy atom. The Morgan fingerprint density at radius 1 is 1.06 bits per heavy atom. The van der Waals surface area contributed by atoms with E-state index in [0.29, 0.717) is 35.7 Å². The molecule has 2 amide bonds. The van der Waals surface area contributed by atoms with Crippen molar-refractivity contribution in [2.45, 2.75) is 31.5 Å². The van der Waals surface area contributed by atoms with Crippen LogP contribution in [-0.2, 0) is 22.2 Å². The van der Waals surface area contributed by atoms with Crippen molar-refractivity contribution in [3.05, 3.63) is 70.7 Å². The Bertz CT molecular complexity index is 1160. The number of nitrogens with one attached hydrogen (secondary N) is 3. The van der Waals surface area contributed by atoms with E-state index in [0.717, 1.165) is 29.0 Å². The Labute approximate surface area is 193 Å². The van der Waals surface area contributed by atoms with Gasteiger partial charge in [0, 0.05) is 29.4 Å². The van der Waals surface area contributed by atoms with E-state index in [1.54, 1.807) is 12.1 Å². The van der Waals surface area contributed by atoms with Gasteiger partial charge in [-0.3, -0.25) is 9.59 Å². The van der Waals surface area contributed by atoms with Gasteiger partial charge in [0.1, 0.15) is 6.04 Å². The van der Waals surface area contributed by atoms with Gasteiger partial charge in [-0.15, -0.1) is 0 Å². The van der Waals surface area contributed by atoms with E-state index in [2.05, 4.69) is 15.6 Å². The minimum Gasteiger partial charge on any atom is -0.354 e. The number of hydrogen-bond acceptors (Lipinski definition) is 2. The molecule has 1 aliphatic rings. The van der Waals surface area contributed by atoms with Crippen molar-refractivity contribution in [2.75, 3.05) is 6.54 Å². The first-order chi connectivity index (χ1) is 15.7. The molecular weight excluding hydrogens is 455 g/mol. The fourth-order valence-corrected chi connectivity index (χ4v) is 3.94. The molecule has 1 unspecified atom stereocenters. The summed E-state index contributed by atoms with van der Waals surface area (Å²) >= 11 is 6.00. The van der Waals surface area contributed by atoms with E-state index in [1.807, 2.05) is 18.2 Å². The molecule has 0 aliphatic carbocycles. The zero-order valence-electron chi connectivity index (χ0n) is 17.4. The number of alkyl halides is 3. The molecule has 3 aromatic rings. The third-order valence-corrected chi connectivity index (χ3v) is 5.81. The number of H-pyrrole nitrogens is 1. The summed E-state index contributed by atoms with van der Waals surface area (Å²) in [4.78, 5) is 27.4. The van der Waals surface area contributed by atoms with Gasteiger partial charge < -0.3 is 15.6 Å². The van der Waals surface area contributed by atoms with E-state index in [9.17, 15) is 22.8 Å². The molecule has 0 spiro atoms. The first kappa shape index (κ1) is 22.9. The number of amides is 2. The molecule has 1 fully saturated rings. The first-order valence-corrected chi connectivity index (χ1v) is 10.8. The number of aryl methyl sites for hydroxylation is 1. The molecule has 3 N–H and O–H groups in total. The van der Waals surface area contributed by atoms with Gasteiger partial charge in [0.2, 0.25) is 11.8 Å². The van der Waals surface area contributed by atoms with Crippen molar-refractivity contribution in [1.29, 1.82) is 0 Å². The van der Waals surface area contributed by atoms with E-state index < -0.39 is 17.8 Å². The molecule has 2 aromatic carbocycles. The topological polar surface area (TPSA) is 74.0 Å². The van der Waals surface area contributed by atoms with Crippen LogP contribution in [0.3, 0.4) is 0 Å². The van der Waals surface area contributed by atoms with Crippen molar-refractivity contribution >= 4 is 23.4 Å². The summed E-state index contributed by atoms with van der Waals surface area (Å²) in [6.07, 6.45) is -3.30. The van der Waals surface area contributed by atoms with Gasteiger partial charge >= 0.3 is 6.18 Å². The Hall–Kier alpha value is -3.26. The molecule has 2 heterocycles. The van der Waals surface area contributed by atoms with Gasteiger partial charge in [-0.25, -0.2) is 0 Å². The number of aromatic amines is 1. The molecule has 33 heavy (non-hydrogen) atoms. The highest BCUT2D eigenvalue weighted by Crippen LogP contribution is 2.33. The number of hydrogen-bond donors (Lipinski definition) is 3. The van der Waals surface area contributed by atoms with Crippen LogP contribution in [-0.4, -0.2) is 29.4 Å². The number of rotatable bonds is 6. The van der Waals surface area contributed by atoms with Crippen LogP contribution in [0, 0.1) is 0 Å². The molecule has 0 saturated carbocycles. The monoisotopic (exact) mass is 475 g/mol. The van der Waals surface area contributed by atoms with Crippen molar-refractivity contribution in [1.82, 2.24) is 15.6 Å². The quantitative estimate of drug-likeness (QED) is 0.471. The maximum absolute atomic E-state index is 12.9. The molecule has 1 saturated heterocycles. The highest BCUT2D eigenvalue weighted by molar-refractivity contribution is 6.30. The molecule has 0 radical (unpaired) electrons. The van der Waals surface area contributed by atoms with E-state index in [4.69, 9.17) is 11.6 Å². The summed E-state index contributed by atoms with van der Waals surface area (Å²) in [6.45, 7) is 0.540. The maximum atomic E-state index is 12.9. The largest absolute Gasteiger partial charge is 0.416 e. The van der Waals surface area contributed by atoms with Crippen molar-refractivity contribution in [3.63, 3.8) is 0 Å². The van der Waals surface area contributed by atoms with E-state index in [1.165, 1.54) is 12.1 Å². The Balaban J connectivity index is 1.58. The minimum atomic E-state index is -4.41. The van der Waals surface area contributed by atoms with Crippen LogP contribution in [0.1, 0.15) is 24.0 Å². The lowest BCUT2D eigenvalue weighted by atomic mass is 10.0. The average Bonchev–Trinajstić information content (AvgIpc) is 3.39. The molecule has 1 atom stereocenters. The molecule has 5 nitrogen and oxygen atoms in total. The van der Waals surface area contributed by atoms with Gasteiger partial charge in [-0.1, -0.05) is 35.9 Å². The van der Waals surface area contributed by atoms with Gasteiger partial charge in [0.05, 0.1) is 5.56 Å². The lowest BCUT2D eigenvalue weighted by molar-refractivity contribution is -0.137. The summed E-state index contributed by atoms with van der Waals surface area (Å²) in [5.74, 6) is -0.423. The van der Waals surface area contributed by atoms with Crippen molar-refractivity contribution in [3.8, 4) is 22.5 Å². The van der Waals surface area contributed by atoms with Crippen LogP contribution in [0.5, 0.6) is 0 Å². The molecule has 1 aliphatic heterocycles. The Kier molecular flexibility index (Phi) is 6.47. The van der Waals surface area contributed by atoms with Crippen LogP contribution in [0.2, 0.25) is 5.02 Å². The average molecular weight is 476 g/mol. The number of aromatic nitrogens is 1. The fourth-order valence-electron chi connectivity index (χ4n) is 3.81. The minimum absolute atomic E-state index is 0.161. The second-order valence-corrected chi connectivity index (χ2v) is 8.30. The normalized spacial score (nSPS) is 16.0. The van der Waals surface area contributed by atoms with Crippen LogP contribution >= 0.6 is 11.6 Å². The predicted molar refractivity (Wildman–Crippen MR) is 120 cm³/mol. The lowest BCUT2D eigenvalue weighted by Crippen LogP contribution is -2.40. The van der Waals surface area contributed by atoms with Gasteiger partial charge in [0.25, 0.3) is 0 Å². The first-order valence-electron chi connectivity index (χ1n) is 10.4. The third-order valence-electron chi connectivity index (χ3n) is 5.56. The number of carbonyl (C=O) groups excluding carboxylic acids is 2. The van der Waals surface area contributed by atoms with E-state index >= 15 is 0 Å². The molecular formula is C24H21ClF3N3O2. The summed E-state index contributed by atoms with van der Waals surface area (Å²) in [7, 11) is 0. The second kappa shape index (κ2) is 9.31. The highest BCUT2D eigenvalue weighted by Gasteiger charge is 2.30. The van der Waals surface area contributed by atoms with Crippen LogP contribution < -0.4 is 10.6 Å². The van der Waals surface area contributed by atoms with Gasteiger partial charge in [-0.2, -0.15) is 13.2 Å². The van der Waals surface area contributed by atoms with Crippen molar-refractivity contribution in [2.24, 2.45) is 0 Å². The number of halogens is 4. The molecule has 4 rings (SSSR count). The number of carbonyl (C=O) groups is 2. The van der Waals surface area contributed by atoms with Crippen LogP contribution in [0.25, 0.3) is 22.5 Å². The molecule has 9 heteroatoms. The summed E-state index contributed by atoms with van der Waals surface area (Å²) < 4.78 is 38.7. The molecule has 0 bridgehead atoms. The highest BCUT2D eigenvalue weighted by atomic mass is 35.5. The van der Waals surface area contributed by atoms with Crippen molar-refractivity contribution < 1.29 is 22.8 Å². The fraction of sp³-hybridized carbons (Fsp3) is 0.250. The summed E-state index contributed by atoms with van der Waals surface area (Å²) in [5.41, 5.74) is 2.94. The number of benzene rings is 2. The SMILES string of the molecule is O=C(CCc1cc(-c2ccc(C(F)(F)F)cc2)[nH]c1-c1ccc(Cl)cc1)NC1CCNC1=O. The van der Waals surface area contributed by atoms with Crippen LogP contribution in [0.4, 0.5) is 13.2 Å². The third kappa shape index (κ3) is 5.39. The second-order valence-electron chi connectivity index (χ2n) is 7.87. The Morgan fingerprint density at radius 3 is 2.33 bits per heavy atom. The zero-order chi connectivity index (χ0) is 23.6.